The third-order valence-electron chi connectivity index (χ3n) is 6.23. The number of nitrogens with zero attached hydrogens (tertiary/aromatic N) is 3. The van der Waals surface area contributed by atoms with Gasteiger partial charge in [0.2, 0.25) is 0 Å². The second-order valence-corrected chi connectivity index (χ2v) is 9.98. The van der Waals surface area contributed by atoms with Gasteiger partial charge in [-0.15, -0.1) is 0 Å². The third kappa shape index (κ3) is 6.22. The predicted octanol–water partition coefficient (Wildman–Crippen LogP) is 5.26. The maximum absolute atomic E-state index is 13.4. The van der Waals surface area contributed by atoms with Gasteiger partial charge >= 0.3 is 6.09 Å². The first-order valence-electron chi connectivity index (χ1n) is 12.3. The van der Waals surface area contributed by atoms with Crippen LogP contribution in [-0.4, -0.2) is 59.6 Å². The molecule has 1 N–H and O–H groups in total. The number of ether oxygens (including phenoxy) is 3. The van der Waals surface area contributed by atoms with Crippen LogP contribution in [0, 0.1) is 0 Å². The average molecular weight is 507 g/mol. The van der Waals surface area contributed by atoms with Gasteiger partial charge in [0.1, 0.15) is 17.1 Å². The van der Waals surface area contributed by atoms with Crippen molar-refractivity contribution >= 4 is 17.7 Å². The summed E-state index contributed by atoms with van der Waals surface area (Å²) >= 11 is 0. The van der Waals surface area contributed by atoms with Crippen LogP contribution in [0.3, 0.4) is 0 Å². The van der Waals surface area contributed by atoms with E-state index < -0.39 is 5.60 Å². The molecule has 9 nitrogen and oxygen atoms in total. The number of anilines is 1. The van der Waals surface area contributed by atoms with E-state index >= 15 is 0 Å². The van der Waals surface area contributed by atoms with Gasteiger partial charge in [0.25, 0.3) is 5.91 Å². The fraction of sp³-hybridized carbons (Fsp3) is 0.393. The second-order valence-electron chi connectivity index (χ2n) is 9.98. The number of aromatic nitrogens is 2. The molecule has 2 amide bonds. The Balaban J connectivity index is 1.62. The van der Waals surface area contributed by atoms with Gasteiger partial charge in [0.15, 0.2) is 0 Å². The van der Waals surface area contributed by atoms with Crippen molar-refractivity contribution in [2.75, 3.05) is 32.6 Å². The zero-order chi connectivity index (χ0) is 26.6. The molecule has 1 aliphatic heterocycles. The fourth-order valence-corrected chi connectivity index (χ4v) is 4.42. The second kappa shape index (κ2) is 10.9. The molecule has 0 radical (unpaired) electrons. The van der Waals surface area contributed by atoms with E-state index in [-0.39, 0.29) is 17.9 Å². The van der Waals surface area contributed by atoms with E-state index in [2.05, 4.69) is 10.4 Å². The van der Waals surface area contributed by atoms with Crippen molar-refractivity contribution in [3.63, 3.8) is 0 Å². The number of amides is 2. The van der Waals surface area contributed by atoms with Gasteiger partial charge < -0.3 is 24.4 Å². The van der Waals surface area contributed by atoms with Crippen LogP contribution in [0.2, 0.25) is 0 Å². The third-order valence-corrected chi connectivity index (χ3v) is 6.23. The summed E-state index contributed by atoms with van der Waals surface area (Å²) in [5.74, 6) is 1.16. The lowest BCUT2D eigenvalue weighted by Crippen LogP contribution is -2.41. The predicted molar refractivity (Wildman–Crippen MR) is 141 cm³/mol. The van der Waals surface area contributed by atoms with Gasteiger partial charge in [0.05, 0.1) is 37.4 Å². The molecule has 0 spiro atoms. The quantitative estimate of drug-likeness (QED) is 0.490. The Hall–Kier alpha value is -4.01. The molecule has 0 unspecified atom stereocenters. The van der Waals surface area contributed by atoms with E-state index in [1.807, 2.05) is 67.9 Å². The summed E-state index contributed by atoms with van der Waals surface area (Å²) in [5, 5.41) is 7.57. The molecule has 0 bridgehead atoms. The number of rotatable bonds is 6. The summed E-state index contributed by atoms with van der Waals surface area (Å²) in [6.45, 7) is 6.64. The first kappa shape index (κ1) is 26.1. The molecule has 37 heavy (non-hydrogen) atoms. The van der Waals surface area contributed by atoms with Gasteiger partial charge in [-0.25, -0.2) is 9.48 Å². The lowest BCUT2D eigenvalue weighted by Gasteiger charge is -2.34. The molecule has 2 aromatic carbocycles. The van der Waals surface area contributed by atoms with Gasteiger partial charge in [-0.1, -0.05) is 6.07 Å². The van der Waals surface area contributed by atoms with Crippen molar-refractivity contribution in [2.45, 2.75) is 45.1 Å². The molecule has 3 aromatic rings. The van der Waals surface area contributed by atoms with E-state index in [1.165, 1.54) is 0 Å². The Labute approximate surface area is 217 Å². The van der Waals surface area contributed by atoms with E-state index in [0.29, 0.717) is 42.9 Å². The molecule has 4 rings (SSSR count). The van der Waals surface area contributed by atoms with Crippen molar-refractivity contribution < 1.29 is 23.8 Å². The highest BCUT2D eigenvalue weighted by atomic mass is 16.6. The number of benzene rings is 2. The van der Waals surface area contributed by atoms with Crippen molar-refractivity contribution in [1.82, 2.24) is 14.7 Å². The largest absolute Gasteiger partial charge is 0.497 e. The van der Waals surface area contributed by atoms with Crippen molar-refractivity contribution in [1.29, 1.82) is 0 Å². The van der Waals surface area contributed by atoms with Gasteiger partial charge in [-0.2, -0.15) is 5.10 Å². The van der Waals surface area contributed by atoms with Crippen molar-refractivity contribution in [3.05, 3.63) is 66.0 Å². The van der Waals surface area contributed by atoms with Crippen LogP contribution >= 0.6 is 0 Å². The molecule has 1 fully saturated rings. The zero-order valence-corrected chi connectivity index (χ0v) is 22.0. The van der Waals surface area contributed by atoms with E-state index in [9.17, 15) is 9.59 Å². The summed E-state index contributed by atoms with van der Waals surface area (Å²) in [7, 11) is 3.20. The number of nitrogens with one attached hydrogen (secondary N) is 1. The first-order chi connectivity index (χ1) is 17.7. The number of methoxy groups -OCH3 is 2. The lowest BCUT2D eigenvalue weighted by molar-refractivity contribution is 0.0203. The van der Waals surface area contributed by atoms with Crippen LogP contribution < -0.4 is 14.8 Å². The summed E-state index contributed by atoms with van der Waals surface area (Å²) in [5.41, 5.74) is 2.22. The number of hydrogen-bond donors (Lipinski definition) is 1. The highest BCUT2D eigenvalue weighted by molar-refractivity contribution is 6.05. The molecule has 0 aliphatic carbocycles. The maximum Gasteiger partial charge on any atom is 0.410 e. The normalized spacial score (nSPS) is 14.2. The monoisotopic (exact) mass is 506 g/mol. The Bertz CT molecular complexity index is 1240. The van der Waals surface area contributed by atoms with Crippen LogP contribution in [0.1, 0.15) is 55.6 Å². The fourth-order valence-electron chi connectivity index (χ4n) is 4.42. The smallest absolute Gasteiger partial charge is 0.410 e. The van der Waals surface area contributed by atoms with E-state index in [0.717, 1.165) is 17.1 Å². The molecule has 2 heterocycles. The lowest BCUT2D eigenvalue weighted by atomic mass is 9.90. The SMILES string of the molecule is COc1ccc(-n2ncc(C(=O)Nc3cccc(OC)c3)c2C2CCN(C(=O)OC(C)(C)C)CC2)cc1. The number of hydrogen-bond acceptors (Lipinski definition) is 6. The molecule has 1 aromatic heterocycles. The van der Waals surface area contributed by atoms with Gasteiger partial charge in [-0.05, 0) is 70.0 Å². The molecular formula is C28H34N4O5. The van der Waals surface area contributed by atoms with Crippen molar-refractivity contribution in [3.8, 4) is 17.2 Å². The Kier molecular flexibility index (Phi) is 7.71. The molecule has 0 atom stereocenters. The van der Waals surface area contributed by atoms with E-state index in [1.54, 1.807) is 31.4 Å². The minimum atomic E-state index is -0.549. The summed E-state index contributed by atoms with van der Waals surface area (Å²) in [6.07, 6.45) is 2.65. The minimum Gasteiger partial charge on any atom is -0.497 e. The summed E-state index contributed by atoms with van der Waals surface area (Å²) < 4.78 is 17.9. The highest BCUT2D eigenvalue weighted by Crippen LogP contribution is 2.33. The minimum absolute atomic E-state index is 0.0225. The maximum atomic E-state index is 13.4. The molecule has 196 valence electrons. The highest BCUT2D eigenvalue weighted by Gasteiger charge is 2.32. The van der Waals surface area contributed by atoms with Crippen LogP contribution in [0.4, 0.5) is 10.5 Å². The van der Waals surface area contributed by atoms with Crippen LogP contribution in [0.25, 0.3) is 5.69 Å². The Morgan fingerprint density at radius 1 is 0.973 bits per heavy atom. The molecule has 0 saturated carbocycles. The van der Waals surface area contributed by atoms with Gasteiger partial charge in [-0.3, -0.25) is 4.79 Å². The number of carbonyl (C=O) groups excluding carboxylic acids is 2. The molecular weight excluding hydrogens is 472 g/mol. The summed E-state index contributed by atoms with van der Waals surface area (Å²) in [6, 6.07) is 14.8. The van der Waals surface area contributed by atoms with E-state index in [4.69, 9.17) is 14.2 Å². The molecule has 1 saturated heterocycles. The zero-order valence-electron chi connectivity index (χ0n) is 22.0. The first-order valence-corrected chi connectivity index (χ1v) is 12.3. The number of carbonyl (C=O) groups is 2. The molecule has 1 aliphatic rings. The van der Waals surface area contributed by atoms with Crippen molar-refractivity contribution in [2.24, 2.45) is 0 Å². The van der Waals surface area contributed by atoms with Crippen LogP contribution in [-0.2, 0) is 4.74 Å². The molecule has 9 heteroatoms. The standard InChI is InChI=1S/C28H34N4O5/c1-28(2,3)37-27(34)31-15-13-19(14-16-31)25-24(26(33)30-20-7-6-8-23(17-20)36-5)18-29-32(25)21-9-11-22(35-4)12-10-21/h6-12,17-19H,13-16H2,1-5H3,(H,30,33). The average Bonchev–Trinajstić information content (AvgIpc) is 3.33. The van der Waals surface area contributed by atoms with Crippen LogP contribution in [0.15, 0.2) is 54.7 Å². The number of piperidine rings is 1. The Morgan fingerprint density at radius 2 is 1.65 bits per heavy atom. The number of likely N-dealkylation sites (tertiary alicyclic amines) is 1. The van der Waals surface area contributed by atoms with Gasteiger partial charge in [0, 0.05) is 30.8 Å². The Morgan fingerprint density at radius 3 is 2.27 bits per heavy atom. The summed E-state index contributed by atoms with van der Waals surface area (Å²) in [4.78, 5) is 27.8. The topological polar surface area (TPSA) is 94.9 Å². The van der Waals surface area contributed by atoms with Crippen LogP contribution in [0.5, 0.6) is 11.5 Å².